The number of carbonyl (C=O) groups is 3. The molecule has 2 unspecified atom stereocenters. The minimum Gasteiger partial charge on any atom is -0.504 e. The Morgan fingerprint density at radius 1 is 1.14 bits per heavy atom. The molecule has 16 heteroatoms. The van der Waals surface area contributed by atoms with Crippen molar-refractivity contribution in [1.29, 1.82) is 5.26 Å². The highest BCUT2D eigenvalue weighted by molar-refractivity contribution is 5.89. The number of alkyl halides is 3. The largest absolute Gasteiger partial charge is 0.504 e. The molecule has 4 aliphatic heterocycles. The highest BCUT2D eigenvalue weighted by atomic mass is 19.4. The molecule has 4 heterocycles. The van der Waals surface area contributed by atoms with Crippen molar-refractivity contribution in [2.75, 3.05) is 27.5 Å². The summed E-state index contributed by atoms with van der Waals surface area (Å²) in [5, 5.41) is 26.7. The quantitative estimate of drug-likeness (QED) is 0.302. The number of hydrogen-bond acceptors (Lipinski definition) is 11. The zero-order valence-electron chi connectivity index (χ0n) is 27.7. The van der Waals surface area contributed by atoms with E-state index in [9.17, 15) is 37.9 Å². The summed E-state index contributed by atoms with van der Waals surface area (Å²) in [5.74, 6) is -2.58. The second kappa shape index (κ2) is 12.3. The Morgan fingerprint density at radius 3 is 2.47 bits per heavy atom. The number of fused-ring (bicyclic) bond motifs is 9. The molecule has 6 atom stereocenters. The van der Waals surface area contributed by atoms with Crippen LogP contribution in [0.5, 0.6) is 28.7 Å². The summed E-state index contributed by atoms with van der Waals surface area (Å²) in [5.41, 5.74) is 3.76. The van der Waals surface area contributed by atoms with Gasteiger partial charge in [0, 0.05) is 47.8 Å². The number of likely N-dealkylation sites (N-methyl/N-ethyl adjacent to an activating group) is 1. The number of nitriles is 1. The van der Waals surface area contributed by atoms with Crippen molar-refractivity contribution in [1.82, 2.24) is 20.4 Å². The Morgan fingerprint density at radius 2 is 1.84 bits per heavy atom. The number of amides is 2. The Kier molecular flexibility index (Phi) is 8.56. The lowest BCUT2D eigenvalue weighted by Crippen LogP contribution is -2.69. The zero-order valence-corrected chi connectivity index (χ0v) is 27.7. The molecule has 0 aromatic heterocycles. The van der Waals surface area contributed by atoms with Crippen LogP contribution in [0.4, 0.5) is 13.2 Å². The third-order valence-electron chi connectivity index (χ3n) is 9.98. The fourth-order valence-corrected chi connectivity index (χ4v) is 8.01. The summed E-state index contributed by atoms with van der Waals surface area (Å²) < 4.78 is 61.9. The average Bonchev–Trinajstić information content (AvgIpc) is 3.52. The topological polar surface area (TPSA) is 163 Å². The van der Waals surface area contributed by atoms with E-state index in [-0.39, 0.29) is 37.3 Å². The van der Waals surface area contributed by atoms with Gasteiger partial charge in [0.2, 0.25) is 12.7 Å². The third kappa shape index (κ3) is 5.45. The lowest BCUT2D eigenvalue weighted by Gasteiger charge is -2.60. The van der Waals surface area contributed by atoms with Gasteiger partial charge in [-0.1, -0.05) is 6.07 Å². The van der Waals surface area contributed by atoms with Crippen molar-refractivity contribution in [2.24, 2.45) is 0 Å². The minimum absolute atomic E-state index is 0.0323. The summed E-state index contributed by atoms with van der Waals surface area (Å²) in [6.45, 7) is 5.55. The number of benzene rings is 2. The van der Waals surface area contributed by atoms with Gasteiger partial charge in [-0.15, -0.1) is 0 Å². The molecule has 262 valence electrons. The number of ether oxygens (including phenoxy) is 4. The SMILES string of the molecule is COc1c(C)cc2c(c1O)[C@@H]1C3Cc4c(OC(C)=O)c(C)c5c(c4[C@H](CNC(=O)[C@H](C)NC(=O)C(F)(F)F)N3[C@@H](C#N)C(C2)N1C)OCO5. The molecule has 1 saturated heterocycles. The van der Waals surface area contributed by atoms with E-state index in [4.69, 9.17) is 18.9 Å². The first kappa shape index (κ1) is 34.1. The first-order valence-corrected chi connectivity index (χ1v) is 15.7. The first-order valence-electron chi connectivity index (χ1n) is 15.7. The van der Waals surface area contributed by atoms with Crippen LogP contribution in [0.25, 0.3) is 0 Å². The van der Waals surface area contributed by atoms with Gasteiger partial charge in [0.1, 0.15) is 17.8 Å². The van der Waals surface area contributed by atoms with Gasteiger partial charge < -0.3 is 34.7 Å². The van der Waals surface area contributed by atoms with Crippen molar-refractivity contribution in [2.45, 2.75) is 83.0 Å². The second-order valence-electron chi connectivity index (χ2n) is 12.8. The van der Waals surface area contributed by atoms with Crippen LogP contribution in [-0.2, 0) is 27.2 Å². The number of methoxy groups -OCH3 is 1. The number of phenolic OH excluding ortho intramolecular Hbond substituents is 1. The Bertz CT molecular complexity index is 1790. The molecular weight excluding hydrogens is 651 g/mol. The number of aryl methyl sites for hydroxylation is 1. The number of piperazine rings is 1. The van der Waals surface area contributed by atoms with Gasteiger partial charge in [-0.25, -0.2) is 0 Å². The van der Waals surface area contributed by atoms with Crippen LogP contribution in [0.3, 0.4) is 0 Å². The number of esters is 1. The van der Waals surface area contributed by atoms with Gasteiger partial charge in [0.05, 0.1) is 25.3 Å². The van der Waals surface area contributed by atoms with E-state index < -0.39 is 54.2 Å². The van der Waals surface area contributed by atoms with Crippen LogP contribution in [0.2, 0.25) is 0 Å². The summed E-state index contributed by atoms with van der Waals surface area (Å²) in [7, 11) is 3.34. The van der Waals surface area contributed by atoms with Crippen LogP contribution in [0.15, 0.2) is 6.07 Å². The molecule has 1 fully saturated rings. The van der Waals surface area contributed by atoms with Crippen LogP contribution < -0.4 is 29.6 Å². The van der Waals surface area contributed by atoms with E-state index in [0.717, 1.165) is 18.1 Å². The molecule has 2 bridgehead atoms. The number of rotatable bonds is 6. The second-order valence-corrected chi connectivity index (χ2v) is 12.8. The van der Waals surface area contributed by atoms with Gasteiger partial charge in [-0.2, -0.15) is 18.4 Å². The minimum atomic E-state index is -5.19. The Balaban J connectivity index is 1.52. The molecule has 49 heavy (non-hydrogen) atoms. The Hall–Kier alpha value is -4.75. The number of nitrogens with zero attached hydrogens (tertiary/aromatic N) is 3. The maximum absolute atomic E-state index is 13.2. The van der Waals surface area contributed by atoms with Crippen LogP contribution in [0.1, 0.15) is 59.3 Å². The van der Waals surface area contributed by atoms with Crippen LogP contribution >= 0.6 is 0 Å². The summed E-state index contributed by atoms with van der Waals surface area (Å²) in [4.78, 5) is 41.2. The predicted octanol–water partition coefficient (Wildman–Crippen LogP) is 2.63. The summed E-state index contributed by atoms with van der Waals surface area (Å²) in [6.07, 6.45) is -4.57. The van der Waals surface area contributed by atoms with Gasteiger partial charge in [-0.3, -0.25) is 24.2 Å². The van der Waals surface area contributed by atoms with E-state index in [1.807, 2.05) is 29.8 Å². The van der Waals surface area contributed by atoms with Crippen LogP contribution in [-0.4, -0.2) is 90.5 Å². The normalized spacial score (nSPS) is 24.4. The van der Waals surface area contributed by atoms with E-state index in [1.165, 1.54) is 14.0 Å². The molecule has 6 rings (SSSR count). The third-order valence-corrected chi connectivity index (χ3v) is 9.98. The monoisotopic (exact) mass is 687 g/mol. The lowest BCUT2D eigenvalue weighted by atomic mass is 9.71. The number of halogens is 3. The van der Waals surface area contributed by atoms with Crippen LogP contribution in [0, 0.1) is 25.2 Å². The van der Waals surface area contributed by atoms with Gasteiger partial charge in [-0.05, 0) is 51.8 Å². The smallest absolute Gasteiger partial charge is 0.471 e. The van der Waals surface area contributed by atoms with E-state index in [2.05, 4.69) is 11.4 Å². The number of hydrogen-bond donors (Lipinski definition) is 3. The van der Waals surface area contributed by atoms with E-state index in [0.29, 0.717) is 45.9 Å². The molecule has 2 aromatic carbocycles. The van der Waals surface area contributed by atoms with Gasteiger partial charge in [0.15, 0.2) is 23.0 Å². The molecule has 0 spiro atoms. The molecule has 2 aromatic rings. The van der Waals surface area contributed by atoms with Gasteiger partial charge in [0.25, 0.3) is 0 Å². The molecule has 0 aliphatic carbocycles. The first-order chi connectivity index (χ1) is 23.1. The maximum atomic E-state index is 13.2. The molecule has 0 radical (unpaired) electrons. The Labute approximate surface area is 279 Å². The average molecular weight is 688 g/mol. The molecule has 2 amide bonds. The number of carbonyl (C=O) groups excluding carboxylic acids is 3. The highest BCUT2D eigenvalue weighted by Gasteiger charge is 2.57. The molecule has 0 saturated carbocycles. The van der Waals surface area contributed by atoms with Crippen molar-refractivity contribution >= 4 is 17.8 Å². The maximum Gasteiger partial charge on any atom is 0.471 e. The highest BCUT2D eigenvalue weighted by Crippen LogP contribution is 2.58. The van der Waals surface area contributed by atoms with Crippen molar-refractivity contribution in [3.63, 3.8) is 0 Å². The fraction of sp³-hybridized carbons (Fsp3) is 0.515. The predicted molar refractivity (Wildman–Crippen MR) is 164 cm³/mol. The van der Waals surface area contributed by atoms with Crippen molar-refractivity contribution < 1.29 is 51.6 Å². The standard InChI is InChI=1S/C33H36F3N5O8/c1-13-7-17-8-19-21(10-37)41-20(25(40(19)5)23(17)26(43)27(13)46-6)9-18-24(30-29(47-12-48-30)14(2)28(18)49-16(4)42)22(41)11-38-31(44)15(3)39-32(45)33(34,35)36/h7,15,19-22,25,43H,8-9,11-12H2,1-6H3,(H,38,44)(H,39,45)/t15-,19?,20?,21-,22-,25-/m0/s1. The molecule has 4 aliphatic rings. The molecule has 13 nitrogen and oxygen atoms in total. The molecular formula is C33H36F3N5O8. The summed E-state index contributed by atoms with van der Waals surface area (Å²) in [6, 6.07) is -0.231. The molecule has 3 N–H and O–H groups in total. The van der Waals surface area contributed by atoms with E-state index in [1.54, 1.807) is 12.2 Å². The van der Waals surface area contributed by atoms with Gasteiger partial charge >= 0.3 is 18.1 Å². The lowest BCUT2D eigenvalue weighted by molar-refractivity contribution is -0.174. The van der Waals surface area contributed by atoms with Crippen molar-refractivity contribution in [3.8, 4) is 34.8 Å². The number of aromatic hydroxyl groups is 1. The number of nitrogens with one attached hydrogen (secondary N) is 2. The van der Waals surface area contributed by atoms with Crippen molar-refractivity contribution in [3.05, 3.63) is 39.4 Å². The summed E-state index contributed by atoms with van der Waals surface area (Å²) >= 11 is 0. The zero-order chi connectivity index (χ0) is 35.7. The number of phenols is 1. The van der Waals surface area contributed by atoms with E-state index >= 15 is 0 Å². The fourth-order valence-electron chi connectivity index (χ4n) is 8.01.